The molecule has 0 N–H and O–H groups in total. The van der Waals surface area contributed by atoms with Crippen LogP contribution in [0.3, 0.4) is 0 Å². The van der Waals surface area contributed by atoms with Gasteiger partial charge in [0.25, 0.3) is 0 Å². The fourth-order valence-corrected chi connectivity index (χ4v) is 8.44. The van der Waals surface area contributed by atoms with Crippen LogP contribution in [0.15, 0.2) is 194 Å². The van der Waals surface area contributed by atoms with Crippen LogP contribution in [0.1, 0.15) is 17.5 Å². The Kier molecular flexibility index (Phi) is 7.69. The van der Waals surface area contributed by atoms with E-state index in [2.05, 4.69) is 205 Å². The summed E-state index contributed by atoms with van der Waals surface area (Å²) >= 11 is 0. The van der Waals surface area contributed by atoms with Crippen molar-refractivity contribution >= 4 is 55.5 Å². The summed E-state index contributed by atoms with van der Waals surface area (Å²) in [6.45, 7) is 0. The van der Waals surface area contributed by atoms with Crippen LogP contribution in [0, 0.1) is 0 Å². The Labute approximate surface area is 310 Å². The Hall–Kier alpha value is -6.70. The van der Waals surface area contributed by atoms with Crippen molar-refractivity contribution in [3.8, 4) is 33.4 Å². The Balaban J connectivity index is 1.19. The van der Waals surface area contributed by atoms with Crippen molar-refractivity contribution in [2.75, 3.05) is 4.90 Å². The maximum absolute atomic E-state index is 2.44. The number of hydrogen-bond acceptors (Lipinski definition) is 1. The second-order valence-corrected chi connectivity index (χ2v) is 14.0. The van der Waals surface area contributed by atoms with E-state index in [9.17, 15) is 0 Å². The van der Waals surface area contributed by atoms with Gasteiger partial charge in [-0.15, -0.1) is 0 Å². The molecule has 9 aromatic rings. The maximum Gasteiger partial charge on any atom is 0.0540 e. The van der Waals surface area contributed by atoms with E-state index in [0.29, 0.717) is 0 Å². The van der Waals surface area contributed by atoms with Crippen LogP contribution >= 0.6 is 0 Å². The quantitative estimate of drug-likeness (QED) is 0.159. The monoisotopic (exact) mass is 675 g/mol. The van der Waals surface area contributed by atoms with Gasteiger partial charge in [0.1, 0.15) is 0 Å². The SMILES string of the molecule is C1=Cc2cc(-c3cccc(N(c4cccc(-c5cc6ccccc6c6ccccc56)c4)c4ccccc4-c4ccccc4)c3)c3ccccc3c2CC1. The van der Waals surface area contributed by atoms with Crippen LogP contribution in [0.4, 0.5) is 17.1 Å². The van der Waals surface area contributed by atoms with Gasteiger partial charge in [0, 0.05) is 16.9 Å². The van der Waals surface area contributed by atoms with Gasteiger partial charge < -0.3 is 4.90 Å². The fraction of sp³-hybridized carbons (Fsp3) is 0.0385. The van der Waals surface area contributed by atoms with E-state index in [1.54, 1.807) is 0 Å². The highest BCUT2D eigenvalue weighted by Crippen LogP contribution is 2.45. The molecule has 0 saturated carbocycles. The minimum Gasteiger partial charge on any atom is -0.310 e. The van der Waals surface area contributed by atoms with Crippen LogP contribution in [0.2, 0.25) is 0 Å². The van der Waals surface area contributed by atoms with Gasteiger partial charge in [0.05, 0.1) is 5.69 Å². The summed E-state index contributed by atoms with van der Waals surface area (Å²) in [5, 5.41) is 7.73. The van der Waals surface area contributed by atoms with Crippen LogP contribution in [-0.2, 0) is 6.42 Å². The molecular formula is C52H37N. The molecule has 1 heteroatoms. The summed E-state index contributed by atoms with van der Waals surface area (Å²) in [4.78, 5) is 2.44. The first-order valence-corrected chi connectivity index (χ1v) is 18.6. The summed E-state index contributed by atoms with van der Waals surface area (Å²) in [5.41, 5.74) is 13.4. The van der Waals surface area contributed by atoms with Crippen molar-refractivity contribution in [2.24, 2.45) is 0 Å². The molecule has 0 unspecified atom stereocenters. The Bertz CT molecular complexity index is 2840. The molecule has 53 heavy (non-hydrogen) atoms. The van der Waals surface area contributed by atoms with Crippen LogP contribution in [-0.4, -0.2) is 0 Å². The molecule has 0 spiro atoms. The molecule has 0 radical (unpaired) electrons. The van der Waals surface area contributed by atoms with E-state index in [1.807, 2.05) is 0 Å². The molecule has 0 saturated heterocycles. The zero-order chi connectivity index (χ0) is 35.1. The van der Waals surface area contributed by atoms with Gasteiger partial charge in [0.2, 0.25) is 0 Å². The smallest absolute Gasteiger partial charge is 0.0540 e. The van der Waals surface area contributed by atoms with Gasteiger partial charge in [-0.2, -0.15) is 0 Å². The highest BCUT2D eigenvalue weighted by atomic mass is 15.1. The molecule has 0 fully saturated rings. The highest BCUT2D eigenvalue weighted by molar-refractivity contribution is 6.14. The molecule has 1 aliphatic rings. The summed E-state index contributed by atoms with van der Waals surface area (Å²) in [5.74, 6) is 0. The molecule has 10 rings (SSSR count). The molecular weight excluding hydrogens is 639 g/mol. The summed E-state index contributed by atoms with van der Waals surface area (Å²) < 4.78 is 0. The summed E-state index contributed by atoms with van der Waals surface area (Å²) in [6.07, 6.45) is 6.80. The van der Waals surface area contributed by atoms with Crippen molar-refractivity contribution in [3.05, 3.63) is 205 Å². The number of aryl methyl sites for hydroxylation is 1. The lowest BCUT2D eigenvalue weighted by Gasteiger charge is -2.29. The second kappa shape index (κ2) is 13.1. The second-order valence-electron chi connectivity index (χ2n) is 14.0. The zero-order valence-corrected chi connectivity index (χ0v) is 29.4. The average Bonchev–Trinajstić information content (AvgIpc) is 3.24. The minimum atomic E-state index is 1.08. The first-order valence-electron chi connectivity index (χ1n) is 18.6. The first-order chi connectivity index (χ1) is 26.3. The number of nitrogens with zero attached hydrogens (tertiary/aromatic N) is 1. The number of allylic oxidation sites excluding steroid dienone is 1. The third-order valence-corrected chi connectivity index (χ3v) is 10.9. The van der Waals surface area contributed by atoms with Crippen molar-refractivity contribution in [2.45, 2.75) is 12.8 Å². The van der Waals surface area contributed by atoms with Crippen molar-refractivity contribution in [1.29, 1.82) is 0 Å². The Morgan fingerprint density at radius 2 is 0.943 bits per heavy atom. The number of benzene rings is 9. The average molecular weight is 676 g/mol. The zero-order valence-electron chi connectivity index (χ0n) is 29.4. The van der Waals surface area contributed by atoms with E-state index in [1.165, 1.54) is 76.8 Å². The third-order valence-electron chi connectivity index (χ3n) is 10.9. The molecule has 250 valence electrons. The lowest BCUT2D eigenvalue weighted by molar-refractivity contribution is 0.997. The van der Waals surface area contributed by atoms with Gasteiger partial charge in [0.15, 0.2) is 0 Å². The number of anilines is 3. The molecule has 0 aromatic heterocycles. The molecule has 1 nitrogen and oxygen atoms in total. The van der Waals surface area contributed by atoms with Gasteiger partial charge in [-0.05, 0) is 127 Å². The van der Waals surface area contributed by atoms with Crippen LogP contribution < -0.4 is 4.90 Å². The molecule has 0 atom stereocenters. The lowest BCUT2D eigenvalue weighted by Crippen LogP contribution is -2.11. The van der Waals surface area contributed by atoms with E-state index in [-0.39, 0.29) is 0 Å². The Morgan fingerprint density at radius 1 is 0.377 bits per heavy atom. The molecule has 0 aliphatic heterocycles. The van der Waals surface area contributed by atoms with Gasteiger partial charge in [-0.1, -0.05) is 158 Å². The molecule has 1 aliphatic carbocycles. The van der Waals surface area contributed by atoms with E-state index in [0.717, 1.165) is 29.9 Å². The van der Waals surface area contributed by atoms with E-state index < -0.39 is 0 Å². The fourth-order valence-electron chi connectivity index (χ4n) is 8.44. The molecule has 0 bridgehead atoms. The van der Waals surface area contributed by atoms with E-state index in [4.69, 9.17) is 0 Å². The predicted octanol–water partition coefficient (Wildman–Crippen LogP) is 14.6. The summed E-state index contributed by atoms with van der Waals surface area (Å²) in [6, 6.07) is 69.0. The molecule has 0 heterocycles. The minimum absolute atomic E-state index is 1.08. The lowest BCUT2D eigenvalue weighted by atomic mass is 9.87. The van der Waals surface area contributed by atoms with Gasteiger partial charge in [-0.3, -0.25) is 0 Å². The van der Waals surface area contributed by atoms with Gasteiger partial charge in [-0.25, -0.2) is 0 Å². The summed E-state index contributed by atoms with van der Waals surface area (Å²) in [7, 11) is 0. The first kappa shape index (κ1) is 31.1. The molecule has 9 aromatic carbocycles. The normalized spacial score (nSPS) is 12.3. The predicted molar refractivity (Wildman–Crippen MR) is 227 cm³/mol. The third kappa shape index (κ3) is 5.50. The number of fused-ring (bicyclic) bond motifs is 6. The van der Waals surface area contributed by atoms with Gasteiger partial charge >= 0.3 is 0 Å². The van der Waals surface area contributed by atoms with Crippen molar-refractivity contribution < 1.29 is 0 Å². The Morgan fingerprint density at radius 3 is 1.70 bits per heavy atom. The number of para-hydroxylation sites is 1. The van der Waals surface area contributed by atoms with Crippen LogP contribution in [0.25, 0.3) is 71.8 Å². The standard InChI is InChI=1S/C52H37N/c1-2-16-36(17-3-1)45-26-12-13-31-52(45)53(41-22-14-20-37(32-41)50-34-39-18-4-6-24-43(39)46-27-8-10-29-48(46)50)42-23-15-21-38(33-42)51-35-40-19-5-7-25-44(40)47-28-9-11-30-49(47)51/h1-6,8-24,26-35H,7,25H2. The topological polar surface area (TPSA) is 3.24 Å². The number of rotatable bonds is 6. The van der Waals surface area contributed by atoms with Crippen molar-refractivity contribution in [3.63, 3.8) is 0 Å². The largest absolute Gasteiger partial charge is 0.310 e. The van der Waals surface area contributed by atoms with Crippen molar-refractivity contribution in [1.82, 2.24) is 0 Å². The van der Waals surface area contributed by atoms with E-state index >= 15 is 0 Å². The molecule has 0 amide bonds. The highest BCUT2D eigenvalue weighted by Gasteiger charge is 2.20. The number of hydrogen-bond donors (Lipinski definition) is 0. The van der Waals surface area contributed by atoms with Crippen LogP contribution in [0.5, 0.6) is 0 Å². The maximum atomic E-state index is 2.44.